The molecule has 0 spiro atoms. The summed E-state index contributed by atoms with van der Waals surface area (Å²) in [6.07, 6.45) is 0. The Labute approximate surface area is 161 Å². The van der Waals surface area contributed by atoms with Gasteiger partial charge in [0, 0.05) is 6.04 Å². The number of hydrogen-bond donors (Lipinski definition) is 1. The van der Waals surface area contributed by atoms with Gasteiger partial charge in [-0.2, -0.15) is 0 Å². The van der Waals surface area contributed by atoms with E-state index in [2.05, 4.69) is 4.72 Å². The van der Waals surface area contributed by atoms with Crippen LogP contribution >= 0.6 is 0 Å². The number of sulfonamides is 1. The lowest BCUT2D eigenvalue weighted by Gasteiger charge is -2.18. The van der Waals surface area contributed by atoms with Crippen molar-refractivity contribution in [3.8, 4) is 17.2 Å². The van der Waals surface area contributed by atoms with Gasteiger partial charge in [-0.05, 0) is 48.2 Å². The number of benzene rings is 2. The molecule has 2 aromatic rings. The van der Waals surface area contributed by atoms with E-state index >= 15 is 0 Å². The van der Waals surface area contributed by atoms with Crippen LogP contribution in [0.3, 0.4) is 0 Å². The first kappa shape index (κ1) is 21.1. The predicted molar refractivity (Wildman–Crippen MR) is 105 cm³/mol. The lowest BCUT2D eigenvalue weighted by Crippen LogP contribution is -2.27. The smallest absolute Gasteiger partial charge is 0.244 e. The van der Waals surface area contributed by atoms with Crippen LogP contribution in [0.5, 0.6) is 17.2 Å². The van der Waals surface area contributed by atoms with Gasteiger partial charge >= 0.3 is 0 Å². The highest BCUT2D eigenvalue weighted by Crippen LogP contribution is 2.32. The Bertz CT molecular complexity index is 893. The summed E-state index contributed by atoms with van der Waals surface area (Å²) < 4.78 is 44.5. The summed E-state index contributed by atoms with van der Waals surface area (Å²) in [7, 11) is 0.764. The van der Waals surface area contributed by atoms with E-state index in [9.17, 15) is 8.42 Å². The molecular formula is C20H27NO5S. The molecule has 0 bridgehead atoms. The van der Waals surface area contributed by atoms with E-state index in [0.29, 0.717) is 17.2 Å². The molecule has 1 atom stereocenters. The summed E-state index contributed by atoms with van der Waals surface area (Å²) in [5.74, 6) is 1.64. The molecule has 0 aliphatic carbocycles. The molecule has 0 radical (unpaired) electrons. The Morgan fingerprint density at radius 2 is 1.33 bits per heavy atom. The maximum atomic E-state index is 13.0. The predicted octanol–water partition coefficient (Wildman–Crippen LogP) is 3.88. The number of methoxy groups -OCH3 is 3. The topological polar surface area (TPSA) is 73.9 Å². The summed E-state index contributed by atoms with van der Waals surface area (Å²) in [5, 5.41) is 0. The number of nitrogens with one attached hydrogen (secondary N) is 1. The zero-order chi connectivity index (χ0) is 20.2. The Balaban J connectivity index is 2.37. The second-order valence-electron chi connectivity index (χ2n) is 6.52. The summed E-state index contributed by atoms with van der Waals surface area (Å²) in [5.41, 5.74) is 1.69. The van der Waals surface area contributed by atoms with Crippen molar-refractivity contribution in [2.45, 2.75) is 37.6 Å². The third-order valence-corrected chi connectivity index (χ3v) is 5.95. The highest BCUT2D eigenvalue weighted by Gasteiger charge is 2.24. The summed E-state index contributed by atoms with van der Waals surface area (Å²) in [4.78, 5) is 0.128. The molecule has 0 heterocycles. The molecule has 0 saturated carbocycles. The van der Waals surface area contributed by atoms with E-state index in [1.807, 2.05) is 19.9 Å². The van der Waals surface area contributed by atoms with E-state index in [1.54, 1.807) is 51.5 Å². The van der Waals surface area contributed by atoms with E-state index < -0.39 is 16.1 Å². The molecule has 2 aromatic carbocycles. The highest BCUT2D eigenvalue weighted by atomic mass is 32.2. The van der Waals surface area contributed by atoms with Crippen molar-refractivity contribution in [2.75, 3.05) is 21.3 Å². The first-order chi connectivity index (χ1) is 12.7. The lowest BCUT2D eigenvalue weighted by molar-refractivity contribution is 0.354. The lowest BCUT2D eigenvalue weighted by atomic mass is 10.0. The maximum absolute atomic E-state index is 13.0. The molecule has 7 heteroatoms. The molecule has 1 unspecified atom stereocenters. The fraction of sp³-hybridized carbons (Fsp3) is 0.400. The second-order valence-corrected chi connectivity index (χ2v) is 8.20. The number of ether oxygens (including phenoxy) is 3. The molecule has 0 fully saturated rings. The molecule has 1 N–H and O–H groups in total. The van der Waals surface area contributed by atoms with Crippen LogP contribution in [-0.4, -0.2) is 29.7 Å². The monoisotopic (exact) mass is 393 g/mol. The summed E-state index contributed by atoms with van der Waals surface area (Å²) >= 11 is 0. The zero-order valence-corrected chi connectivity index (χ0v) is 17.4. The third-order valence-electron chi connectivity index (χ3n) is 4.38. The van der Waals surface area contributed by atoms with Gasteiger partial charge in [-0.3, -0.25) is 0 Å². The van der Waals surface area contributed by atoms with Crippen LogP contribution in [0.2, 0.25) is 0 Å². The fourth-order valence-electron chi connectivity index (χ4n) is 2.75. The van der Waals surface area contributed by atoms with Crippen molar-refractivity contribution in [3.63, 3.8) is 0 Å². The first-order valence-electron chi connectivity index (χ1n) is 8.65. The van der Waals surface area contributed by atoms with Crippen molar-refractivity contribution in [2.24, 2.45) is 0 Å². The Morgan fingerprint density at radius 3 is 1.89 bits per heavy atom. The molecule has 0 amide bonds. The van der Waals surface area contributed by atoms with E-state index in [4.69, 9.17) is 14.2 Å². The fourth-order valence-corrected chi connectivity index (χ4v) is 4.18. The van der Waals surface area contributed by atoms with E-state index in [-0.39, 0.29) is 10.8 Å². The SMILES string of the molecule is COc1ccc(C(C)NS(=O)(=O)c2cc(C(C)C)ccc2OC)cc1OC. The number of rotatable bonds is 8. The van der Waals surface area contributed by atoms with Gasteiger partial charge in [0.05, 0.1) is 21.3 Å². The largest absolute Gasteiger partial charge is 0.495 e. The van der Waals surface area contributed by atoms with Crippen molar-refractivity contribution in [1.82, 2.24) is 4.72 Å². The van der Waals surface area contributed by atoms with E-state index in [1.165, 1.54) is 7.11 Å². The van der Waals surface area contributed by atoms with Gasteiger partial charge in [-0.25, -0.2) is 13.1 Å². The van der Waals surface area contributed by atoms with Gasteiger partial charge in [0.2, 0.25) is 10.0 Å². The van der Waals surface area contributed by atoms with Gasteiger partial charge in [-0.1, -0.05) is 26.0 Å². The van der Waals surface area contributed by atoms with E-state index in [0.717, 1.165) is 11.1 Å². The van der Waals surface area contributed by atoms with Crippen LogP contribution in [0.4, 0.5) is 0 Å². The molecule has 0 aromatic heterocycles. The Hall–Kier alpha value is -2.25. The minimum absolute atomic E-state index is 0.128. The molecule has 0 aliphatic rings. The van der Waals surface area contributed by atoms with Gasteiger partial charge in [0.25, 0.3) is 0 Å². The molecule has 2 rings (SSSR count). The van der Waals surface area contributed by atoms with Crippen molar-refractivity contribution in [1.29, 1.82) is 0 Å². The van der Waals surface area contributed by atoms with Crippen LogP contribution in [0, 0.1) is 0 Å². The quantitative estimate of drug-likeness (QED) is 0.737. The van der Waals surface area contributed by atoms with Gasteiger partial charge in [0.1, 0.15) is 10.6 Å². The van der Waals surface area contributed by atoms with Gasteiger partial charge in [0.15, 0.2) is 11.5 Å². The number of hydrogen-bond acceptors (Lipinski definition) is 5. The minimum Gasteiger partial charge on any atom is -0.495 e. The standard InChI is InChI=1S/C20H27NO5S/c1-13(2)15-7-10-18(25-5)20(12-15)27(22,23)21-14(3)16-8-9-17(24-4)19(11-16)26-6/h7-14,21H,1-6H3. The molecule has 0 aliphatic heterocycles. The van der Waals surface area contributed by atoms with Crippen molar-refractivity contribution < 1.29 is 22.6 Å². The Morgan fingerprint density at radius 1 is 0.778 bits per heavy atom. The zero-order valence-electron chi connectivity index (χ0n) is 16.6. The van der Waals surface area contributed by atoms with Crippen LogP contribution < -0.4 is 18.9 Å². The van der Waals surface area contributed by atoms with Gasteiger partial charge < -0.3 is 14.2 Å². The minimum atomic E-state index is -3.79. The summed E-state index contributed by atoms with van der Waals surface area (Å²) in [6.45, 7) is 5.80. The second kappa shape index (κ2) is 8.63. The van der Waals surface area contributed by atoms with Crippen LogP contribution in [0.15, 0.2) is 41.3 Å². The third kappa shape index (κ3) is 4.73. The Kier molecular flexibility index (Phi) is 6.73. The first-order valence-corrected chi connectivity index (χ1v) is 10.1. The van der Waals surface area contributed by atoms with Crippen molar-refractivity contribution in [3.05, 3.63) is 47.5 Å². The molecule has 148 valence electrons. The molecule has 6 nitrogen and oxygen atoms in total. The highest BCUT2D eigenvalue weighted by molar-refractivity contribution is 7.89. The molecule has 0 saturated heterocycles. The maximum Gasteiger partial charge on any atom is 0.244 e. The average Bonchev–Trinajstić information content (AvgIpc) is 2.66. The van der Waals surface area contributed by atoms with Crippen LogP contribution in [-0.2, 0) is 10.0 Å². The molecule has 27 heavy (non-hydrogen) atoms. The van der Waals surface area contributed by atoms with Crippen LogP contribution in [0.1, 0.15) is 43.9 Å². The molecular weight excluding hydrogens is 366 g/mol. The summed E-state index contributed by atoms with van der Waals surface area (Å²) in [6, 6.07) is 10.1. The van der Waals surface area contributed by atoms with Crippen molar-refractivity contribution >= 4 is 10.0 Å². The normalized spacial score (nSPS) is 12.7. The van der Waals surface area contributed by atoms with Gasteiger partial charge in [-0.15, -0.1) is 0 Å². The van der Waals surface area contributed by atoms with Crippen LogP contribution in [0.25, 0.3) is 0 Å². The average molecular weight is 394 g/mol.